The van der Waals surface area contributed by atoms with Crippen molar-refractivity contribution in [3.05, 3.63) is 0 Å². The number of nitrogens with zero attached hydrogens (tertiary/aromatic N) is 2. The van der Waals surface area contributed by atoms with Gasteiger partial charge in [0.2, 0.25) is 0 Å². The summed E-state index contributed by atoms with van der Waals surface area (Å²) in [6, 6.07) is 1.60. The van der Waals surface area contributed by atoms with Gasteiger partial charge in [-0.3, -0.25) is 4.90 Å². The number of hydrogen-bond acceptors (Lipinski definition) is 3. The lowest BCUT2D eigenvalue weighted by Crippen LogP contribution is -2.62. The van der Waals surface area contributed by atoms with Crippen molar-refractivity contribution in [3.8, 4) is 0 Å². The molecule has 0 amide bonds. The number of hydrogen-bond donors (Lipinski definition) is 1. The predicted molar refractivity (Wildman–Crippen MR) is 89.4 cm³/mol. The summed E-state index contributed by atoms with van der Waals surface area (Å²) in [7, 11) is 2.38. The second kappa shape index (κ2) is 6.55. The Labute approximate surface area is 131 Å². The van der Waals surface area contributed by atoms with Crippen molar-refractivity contribution in [1.82, 2.24) is 9.80 Å². The first-order valence-corrected chi connectivity index (χ1v) is 9.35. The third-order valence-corrected chi connectivity index (χ3v) is 7.05. The number of nitrogens with two attached hydrogens (primary N) is 1. The minimum absolute atomic E-state index is 0.287. The fourth-order valence-corrected chi connectivity index (χ4v) is 5.29. The fourth-order valence-electron chi connectivity index (χ4n) is 5.29. The predicted octanol–water partition coefficient (Wildman–Crippen LogP) is 2.84. The molecule has 3 heteroatoms. The highest BCUT2D eigenvalue weighted by Gasteiger charge is 2.45. The Hall–Kier alpha value is -0.120. The minimum Gasteiger partial charge on any atom is -0.329 e. The largest absolute Gasteiger partial charge is 0.329 e. The average Bonchev–Trinajstić information content (AvgIpc) is 3.01. The van der Waals surface area contributed by atoms with E-state index in [-0.39, 0.29) is 5.54 Å². The molecule has 3 nitrogen and oxygen atoms in total. The van der Waals surface area contributed by atoms with Crippen molar-refractivity contribution in [2.24, 2.45) is 11.7 Å². The molecule has 2 atom stereocenters. The molecule has 3 aliphatic rings. The van der Waals surface area contributed by atoms with Gasteiger partial charge in [-0.1, -0.05) is 13.3 Å². The Bertz CT molecular complexity index is 337. The zero-order chi connectivity index (χ0) is 14.9. The van der Waals surface area contributed by atoms with Crippen LogP contribution in [0.15, 0.2) is 0 Å². The van der Waals surface area contributed by atoms with Gasteiger partial charge in [0.05, 0.1) is 0 Å². The fraction of sp³-hybridized carbons (Fsp3) is 1.00. The van der Waals surface area contributed by atoms with Gasteiger partial charge in [0, 0.05) is 30.7 Å². The van der Waals surface area contributed by atoms with Gasteiger partial charge in [-0.15, -0.1) is 0 Å². The molecule has 1 aliphatic carbocycles. The van der Waals surface area contributed by atoms with Gasteiger partial charge in [-0.2, -0.15) is 0 Å². The highest BCUT2D eigenvalue weighted by atomic mass is 15.3. The standard InChI is InChI=1S/C18H35N3/c1-3-15-6-8-16(9-7-15)20(2)18(14-19)10-12-21-11-4-5-17(21)13-18/h15-17H,3-14,19H2,1-2H3. The van der Waals surface area contributed by atoms with Crippen LogP contribution in [0.1, 0.15) is 64.7 Å². The third-order valence-electron chi connectivity index (χ3n) is 7.05. The van der Waals surface area contributed by atoms with E-state index in [4.69, 9.17) is 5.73 Å². The van der Waals surface area contributed by atoms with E-state index in [1.165, 1.54) is 70.9 Å². The molecule has 0 aromatic carbocycles. The first kappa shape index (κ1) is 15.8. The highest BCUT2D eigenvalue weighted by molar-refractivity contribution is 5.02. The molecule has 2 heterocycles. The highest BCUT2D eigenvalue weighted by Crippen LogP contribution is 2.39. The Morgan fingerprint density at radius 1 is 1.14 bits per heavy atom. The Morgan fingerprint density at radius 2 is 1.90 bits per heavy atom. The average molecular weight is 293 g/mol. The van der Waals surface area contributed by atoms with Gasteiger partial charge in [0.15, 0.2) is 0 Å². The maximum absolute atomic E-state index is 6.32. The molecule has 2 saturated heterocycles. The molecule has 0 aromatic rings. The lowest BCUT2D eigenvalue weighted by atomic mass is 9.78. The quantitative estimate of drug-likeness (QED) is 0.865. The summed E-state index contributed by atoms with van der Waals surface area (Å²) < 4.78 is 0. The van der Waals surface area contributed by atoms with Crippen LogP contribution in [0.2, 0.25) is 0 Å². The van der Waals surface area contributed by atoms with Crippen LogP contribution in [0.5, 0.6) is 0 Å². The van der Waals surface area contributed by atoms with Gasteiger partial charge < -0.3 is 10.6 Å². The molecule has 3 fully saturated rings. The van der Waals surface area contributed by atoms with Crippen molar-refractivity contribution >= 4 is 0 Å². The molecule has 122 valence electrons. The lowest BCUT2D eigenvalue weighted by Gasteiger charge is -2.52. The number of fused-ring (bicyclic) bond motifs is 1. The summed E-state index contributed by atoms with van der Waals surface area (Å²) in [6.45, 7) is 5.81. The molecule has 2 aliphatic heterocycles. The third kappa shape index (κ3) is 3.02. The van der Waals surface area contributed by atoms with Crippen LogP contribution < -0.4 is 5.73 Å². The van der Waals surface area contributed by atoms with Crippen LogP contribution in [-0.2, 0) is 0 Å². The number of piperidine rings is 1. The van der Waals surface area contributed by atoms with E-state index in [2.05, 4.69) is 23.8 Å². The molecule has 2 N–H and O–H groups in total. The normalized spacial score (nSPS) is 41.4. The van der Waals surface area contributed by atoms with Gasteiger partial charge in [-0.05, 0) is 70.9 Å². The zero-order valence-corrected chi connectivity index (χ0v) is 14.2. The molecule has 0 bridgehead atoms. The molecule has 0 radical (unpaired) electrons. The summed E-state index contributed by atoms with van der Waals surface area (Å²) >= 11 is 0. The van der Waals surface area contributed by atoms with Crippen LogP contribution in [-0.4, -0.2) is 54.1 Å². The molecule has 3 rings (SSSR count). The van der Waals surface area contributed by atoms with E-state index in [1.54, 1.807) is 0 Å². The van der Waals surface area contributed by atoms with Crippen LogP contribution in [0.4, 0.5) is 0 Å². The van der Waals surface area contributed by atoms with Crippen LogP contribution in [0.3, 0.4) is 0 Å². The van der Waals surface area contributed by atoms with Crippen LogP contribution >= 0.6 is 0 Å². The van der Waals surface area contributed by atoms with Crippen LogP contribution in [0, 0.1) is 5.92 Å². The lowest BCUT2D eigenvalue weighted by molar-refractivity contribution is -0.0120. The van der Waals surface area contributed by atoms with Gasteiger partial charge in [-0.25, -0.2) is 0 Å². The van der Waals surface area contributed by atoms with Gasteiger partial charge in [0.25, 0.3) is 0 Å². The van der Waals surface area contributed by atoms with E-state index in [9.17, 15) is 0 Å². The van der Waals surface area contributed by atoms with Gasteiger partial charge in [0.1, 0.15) is 0 Å². The SMILES string of the molecule is CCC1CCC(N(C)C2(CN)CCN3CCCC3C2)CC1. The summed E-state index contributed by atoms with van der Waals surface area (Å²) in [5.41, 5.74) is 6.61. The van der Waals surface area contributed by atoms with Gasteiger partial charge >= 0.3 is 0 Å². The second-order valence-electron chi connectivity index (χ2n) is 7.91. The van der Waals surface area contributed by atoms with Crippen molar-refractivity contribution in [1.29, 1.82) is 0 Å². The Morgan fingerprint density at radius 3 is 2.57 bits per heavy atom. The maximum atomic E-state index is 6.32. The van der Waals surface area contributed by atoms with Crippen molar-refractivity contribution in [3.63, 3.8) is 0 Å². The molecular weight excluding hydrogens is 258 g/mol. The van der Waals surface area contributed by atoms with E-state index in [0.717, 1.165) is 24.5 Å². The first-order chi connectivity index (χ1) is 10.2. The summed E-state index contributed by atoms with van der Waals surface area (Å²) in [5, 5.41) is 0. The maximum Gasteiger partial charge on any atom is 0.0358 e. The smallest absolute Gasteiger partial charge is 0.0358 e. The van der Waals surface area contributed by atoms with E-state index >= 15 is 0 Å². The Balaban J connectivity index is 1.65. The molecule has 2 unspecified atom stereocenters. The van der Waals surface area contributed by atoms with E-state index < -0.39 is 0 Å². The number of rotatable bonds is 4. The molecule has 0 spiro atoms. The van der Waals surface area contributed by atoms with Crippen molar-refractivity contribution in [2.75, 3.05) is 26.7 Å². The van der Waals surface area contributed by atoms with Crippen molar-refractivity contribution in [2.45, 2.75) is 82.3 Å². The summed E-state index contributed by atoms with van der Waals surface area (Å²) in [6.07, 6.45) is 12.4. The van der Waals surface area contributed by atoms with Crippen LogP contribution in [0.25, 0.3) is 0 Å². The zero-order valence-electron chi connectivity index (χ0n) is 14.2. The minimum atomic E-state index is 0.287. The summed E-state index contributed by atoms with van der Waals surface area (Å²) in [4.78, 5) is 5.45. The molecule has 1 saturated carbocycles. The topological polar surface area (TPSA) is 32.5 Å². The van der Waals surface area contributed by atoms with E-state index in [0.29, 0.717) is 0 Å². The molecule has 21 heavy (non-hydrogen) atoms. The monoisotopic (exact) mass is 293 g/mol. The van der Waals surface area contributed by atoms with E-state index in [1.807, 2.05) is 0 Å². The molecule has 0 aromatic heterocycles. The number of likely N-dealkylation sites (N-methyl/N-ethyl adjacent to an activating group) is 1. The Kier molecular flexibility index (Phi) is 4.92. The first-order valence-electron chi connectivity index (χ1n) is 9.35. The summed E-state index contributed by atoms with van der Waals surface area (Å²) in [5.74, 6) is 0.986. The molecular formula is C18H35N3. The van der Waals surface area contributed by atoms with Crippen molar-refractivity contribution < 1.29 is 0 Å². The second-order valence-corrected chi connectivity index (χ2v) is 7.91.